The third-order valence-electron chi connectivity index (χ3n) is 3.75. The number of rotatable bonds is 6. The standard InChI is InChI=1S/C16H21N3O3S/c1-4-10(2)17-14(20)11-5-6-12-13(9-11)18-16(23)19(15(12)21)7-8-22-3/h5-6,9-10H,4,7-8H2,1-3H3,(H,17,20)(H,18,23)/t10-/m0/s1. The van der Waals surface area contributed by atoms with E-state index < -0.39 is 0 Å². The van der Waals surface area contributed by atoms with E-state index in [-0.39, 0.29) is 17.5 Å². The average molecular weight is 335 g/mol. The van der Waals surface area contributed by atoms with Gasteiger partial charge in [-0.15, -0.1) is 0 Å². The molecule has 6 nitrogen and oxygen atoms in total. The van der Waals surface area contributed by atoms with Crippen molar-refractivity contribution in [2.24, 2.45) is 0 Å². The molecule has 0 saturated carbocycles. The molecule has 0 radical (unpaired) electrons. The Labute approximate surface area is 139 Å². The highest BCUT2D eigenvalue weighted by Crippen LogP contribution is 2.11. The molecule has 2 N–H and O–H groups in total. The van der Waals surface area contributed by atoms with Gasteiger partial charge in [-0.2, -0.15) is 0 Å². The van der Waals surface area contributed by atoms with Gasteiger partial charge in [0.25, 0.3) is 11.5 Å². The van der Waals surface area contributed by atoms with Crippen LogP contribution in [0.5, 0.6) is 0 Å². The Hall–Kier alpha value is -1.99. The van der Waals surface area contributed by atoms with E-state index >= 15 is 0 Å². The highest BCUT2D eigenvalue weighted by molar-refractivity contribution is 7.71. The maximum Gasteiger partial charge on any atom is 0.262 e. The van der Waals surface area contributed by atoms with Gasteiger partial charge < -0.3 is 15.0 Å². The molecule has 1 aromatic heterocycles. The monoisotopic (exact) mass is 335 g/mol. The number of carbonyl (C=O) groups is 1. The van der Waals surface area contributed by atoms with Gasteiger partial charge in [-0.25, -0.2) is 0 Å². The lowest BCUT2D eigenvalue weighted by Crippen LogP contribution is -2.32. The van der Waals surface area contributed by atoms with E-state index in [1.54, 1.807) is 25.3 Å². The Bertz CT molecular complexity index is 825. The number of amides is 1. The van der Waals surface area contributed by atoms with Crippen molar-refractivity contribution in [3.8, 4) is 0 Å². The van der Waals surface area contributed by atoms with E-state index in [9.17, 15) is 9.59 Å². The SMILES string of the molecule is CC[C@H](C)NC(=O)c1ccc2c(=O)n(CCOC)c(=S)[nH]c2c1. The largest absolute Gasteiger partial charge is 0.383 e. The maximum atomic E-state index is 12.5. The summed E-state index contributed by atoms with van der Waals surface area (Å²) >= 11 is 5.23. The Balaban J connectivity index is 2.43. The Morgan fingerprint density at radius 2 is 2.22 bits per heavy atom. The van der Waals surface area contributed by atoms with Crippen LogP contribution in [0.25, 0.3) is 10.9 Å². The number of hydrogen-bond donors (Lipinski definition) is 2. The molecule has 1 aromatic carbocycles. The van der Waals surface area contributed by atoms with Crippen LogP contribution in [-0.4, -0.2) is 35.2 Å². The molecule has 0 aliphatic carbocycles. The summed E-state index contributed by atoms with van der Waals surface area (Å²) in [6.07, 6.45) is 0.853. The second-order valence-corrected chi connectivity index (χ2v) is 5.81. The Morgan fingerprint density at radius 1 is 1.48 bits per heavy atom. The van der Waals surface area contributed by atoms with Crippen molar-refractivity contribution in [3.05, 3.63) is 38.9 Å². The van der Waals surface area contributed by atoms with Crippen molar-refractivity contribution >= 4 is 29.0 Å². The summed E-state index contributed by atoms with van der Waals surface area (Å²) in [5.41, 5.74) is 0.873. The summed E-state index contributed by atoms with van der Waals surface area (Å²) in [6, 6.07) is 5.06. The van der Waals surface area contributed by atoms with Crippen molar-refractivity contribution in [2.75, 3.05) is 13.7 Å². The molecule has 2 rings (SSSR count). The predicted octanol–water partition coefficient (Wildman–Crippen LogP) is 2.23. The molecule has 124 valence electrons. The molecule has 1 atom stereocenters. The summed E-state index contributed by atoms with van der Waals surface area (Å²) in [5.74, 6) is -0.163. The number of carbonyl (C=O) groups excluding carboxylic acids is 1. The zero-order chi connectivity index (χ0) is 17.0. The molecule has 23 heavy (non-hydrogen) atoms. The molecule has 2 aromatic rings. The fourth-order valence-electron chi connectivity index (χ4n) is 2.19. The van der Waals surface area contributed by atoms with Crippen LogP contribution in [0, 0.1) is 4.77 Å². The number of methoxy groups -OCH3 is 1. The minimum absolute atomic E-state index is 0.0961. The third kappa shape index (κ3) is 3.86. The quantitative estimate of drug-likeness (QED) is 0.794. The van der Waals surface area contributed by atoms with Gasteiger partial charge >= 0.3 is 0 Å². The summed E-state index contributed by atoms with van der Waals surface area (Å²) in [7, 11) is 1.57. The molecular formula is C16H21N3O3S. The van der Waals surface area contributed by atoms with Crippen LogP contribution >= 0.6 is 12.2 Å². The molecule has 0 fully saturated rings. The minimum Gasteiger partial charge on any atom is -0.383 e. The molecule has 0 unspecified atom stereocenters. The molecule has 0 bridgehead atoms. The van der Waals surface area contributed by atoms with Crippen LogP contribution in [0.4, 0.5) is 0 Å². The third-order valence-corrected chi connectivity index (χ3v) is 4.08. The lowest BCUT2D eigenvalue weighted by molar-refractivity contribution is 0.0939. The Kier molecular flexibility index (Phi) is 5.68. The number of nitrogens with zero attached hydrogens (tertiary/aromatic N) is 1. The summed E-state index contributed by atoms with van der Waals surface area (Å²) in [5, 5.41) is 3.40. The van der Waals surface area contributed by atoms with Crippen molar-refractivity contribution < 1.29 is 9.53 Å². The lowest BCUT2D eigenvalue weighted by atomic mass is 10.1. The van der Waals surface area contributed by atoms with Crippen molar-refractivity contribution in [1.29, 1.82) is 0 Å². The van der Waals surface area contributed by atoms with Gasteiger partial charge in [0.15, 0.2) is 4.77 Å². The second-order valence-electron chi connectivity index (χ2n) is 5.42. The normalized spacial score (nSPS) is 12.3. The molecule has 1 amide bonds. The minimum atomic E-state index is -0.185. The van der Waals surface area contributed by atoms with E-state index in [0.717, 1.165) is 6.42 Å². The molecular weight excluding hydrogens is 314 g/mol. The molecule has 0 saturated heterocycles. The molecule has 0 spiro atoms. The first-order valence-corrected chi connectivity index (χ1v) is 7.95. The van der Waals surface area contributed by atoms with Crippen LogP contribution < -0.4 is 10.9 Å². The van der Waals surface area contributed by atoms with Crippen LogP contribution in [0.1, 0.15) is 30.6 Å². The van der Waals surface area contributed by atoms with Crippen LogP contribution in [0.2, 0.25) is 0 Å². The van der Waals surface area contributed by atoms with Gasteiger partial charge in [0.05, 0.1) is 24.1 Å². The van der Waals surface area contributed by atoms with E-state index in [2.05, 4.69) is 10.3 Å². The molecule has 0 aliphatic rings. The fourth-order valence-corrected chi connectivity index (χ4v) is 2.47. The maximum absolute atomic E-state index is 12.5. The molecule has 0 aliphatic heterocycles. The van der Waals surface area contributed by atoms with Gasteiger partial charge in [0, 0.05) is 18.7 Å². The number of H-pyrrole nitrogens is 1. The zero-order valence-electron chi connectivity index (χ0n) is 13.5. The average Bonchev–Trinajstić information content (AvgIpc) is 2.53. The second kappa shape index (κ2) is 7.52. The van der Waals surface area contributed by atoms with E-state index in [0.29, 0.717) is 34.4 Å². The van der Waals surface area contributed by atoms with Crippen molar-refractivity contribution in [1.82, 2.24) is 14.9 Å². The zero-order valence-corrected chi connectivity index (χ0v) is 14.3. The number of benzene rings is 1. The number of aromatic nitrogens is 2. The van der Waals surface area contributed by atoms with Gasteiger partial charge in [-0.05, 0) is 43.8 Å². The summed E-state index contributed by atoms with van der Waals surface area (Å²) < 4.78 is 6.77. The van der Waals surface area contributed by atoms with Gasteiger partial charge in [0.2, 0.25) is 0 Å². The van der Waals surface area contributed by atoms with Crippen LogP contribution in [0.15, 0.2) is 23.0 Å². The summed E-state index contributed by atoms with van der Waals surface area (Å²) in [4.78, 5) is 27.7. The first kappa shape index (κ1) is 17.4. The summed E-state index contributed by atoms with van der Waals surface area (Å²) in [6.45, 7) is 4.74. The molecule has 7 heteroatoms. The van der Waals surface area contributed by atoms with Gasteiger partial charge in [0.1, 0.15) is 0 Å². The number of hydrogen-bond acceptors (Lipinski definition) is 4. The lowest BCUT2D eigenvalue weighted by Gasteiger charge is -2.12. The highest BCUT2D eigenvalue weighted by Gasteiger charge is 2.11. The Morgan fingerprint density at radius 3 is 2.87 bits per heavy atom. The smallest absolute Gasteiger partial charge is 0.262 e. The van der Waals surface area contributed by atoms with Gasteiger partial charge in [-0.1, -0.05) is 6.92 Å². The van der Waals surface area contributed by atoms with Crippen molar-refractivity contribution in [2.45, 2.75) is 32.9 Å². The molecule has 1 heterocycles. The van der Waals surface area contributed by atoms with Crippen molar-refractivity contribution in [3.63, 3.8) is 0 Å². The van der Waals surface area contributed by atoms with Crippen LogP contribution in [0.3, 0.4) is 0 Å². The first-order chi connectivity index (χ1) is 11.0. The topological polar surface area (TPSA) is 76.1 Å². The number of aromatic amines is 1. The van der Waals surface area contributed by atoms with Crippen LogP contribution in [-0.2, 0) is 11.3 Å². The van der Waals surface area contributed by atoms with Gasteiger partial charge in [-0.3, -0.25) is 14.2 Å². The van der Waals surface area contributed by atoms with E-state index in [1.165, 1.54) is 4.57 Å². The first-order valence-electron chi connectivity index (χ1n) is 7.54. The fraction of sp³-hybridized carbons (Fsp3) is 0.438. The van der Waals surface area contributed by atoms with E-state index in [4.69, 9.17) is 17.0 Å². The number of fused-ring (bicyclic) bond motifs is 1. The van der Waals surface area contributed by atoms with E-state index in [1.807, 2.05) is 13.8 Å². The highest BCUT2D eigenvalue weighted by atomic mass is 32.1. The predicted molar refractivity (Wildman–Crippen MR) is 92.5 cm³/mol. The number of ether oxygens (including phenoxy) is 1. The number of nitrogens with one attached hydrogen (secondary N) is 2.